The predicted octanol–water partition coefficient (Wildman–Crippen LogP) is 1.89. The molecule has 0 spiro atoms. The standard InChI is InChI=1S/C11H12FN3/c12-9-3-2-6-15(8-9)11-4-1-5-14-10(11)7-13/h1,4-5,9H,2-3,6,8H2/t9-/m0/s1. The average molecular weight is 205 g/mol. The molecule has 0 N–H and O–H groups in total. The molecular weight excluding hydrogens is 193 g/mol. The minimum Gasteiger partial charge on any atom is -0.366 e. The number of alkyl halides is 1. The minimum absolute atomic E-state index is 0.375. The van der Waals surface area contributed by atoms with E-state index >= 15 is 0 Å². The SMILES string of the molecule is N#Cc1ncccc1N1CCC[C@H](F)C1. The number of anilines is 1. The molecule has 4 heteroatoms. The molecule has 0 saturated carbocycles. The molecule has 3 nitrogen and oxygen atoms in total. The molecule has 1 aromatic heterocycles. The molecule has 1 fully saturated rings. The first-order valence-corrected chi connectivity index (χ1v) is 5.05. The van der Waals surface area contributed by atoms with Gasteiger partial charge in [0.05, 0.1) is 5.69 Å². The first-order chi connectivity index (χ1) is 7.31. The summed E-state index contributed by atoms with van der Waals surface area (Å²) in [7, 11) is 0. The molecule has 1 aliphatic heterocycles. The molecule has 2 rings (SSSR count). The van der Waals surface area contributed by atoms with Gasteiger partial charge in [-0.2, -0.15) is 5.26 Å². The Morgan fingerprint density at radius 3 is 3.20 bits per heavy atom. The van der Waals surface area contributed by atoms with Crippen LogP contribution in [0.1, 0.15) is 18.5 Å². The summed E-state index contributed by atoms with van der Waals surface area (Å²) in [5.41, 5.74) is 1.13. The highest BCUT2D eigenvalue weighted by molar-refractivity contribution is 5.55. The van der Waals surface area contributed by atoms with E-state index in [0.717, 1.165) is 18.7 Å². The molecule has 1 atom stereocenters. The number of halogens is 1. The van der Waals surface area contributed by atoms with Crippen molar-refractivity contribution in [3.63, 3.8) is 0 Å². The number of piperidine rings is 1. The molecule has 0 amide bonds. The second-order valence-corrected chi connectivity index (χ2v) is 3.67. The number of nitrogens with zero attached hydrogens (tertiary/aromatic N) is 3. The topological polar surface area (TPSA) is 39.9 Å². The molecule has 78 valence electrons. The third kappa shape index (κ3) is 2.07. The van der Waals surface area contributed by atoms with Crippen molar-refractivity contribution in [2.45, 2.75) is 19.0 Å². The van der Waals surface area contributed by atoms with Crippen LogP contribution in [0.3, 0.4) is 0 Å². The van der Waals surface area contributed by atoms with E-state index in [-0.39, 0.29) is 0 Å². The van der Waals surface area contributed by atoms with E-state index in [1.807, 2.05) is 17.0 Å². The third-order valence-corrected chi connectivity index (χ3v) is 2.60. The van der Waals surface area contributed by atoms with Crippen molar-refractivity contribution < 1.29 is 4.39 Å². The van der Waals surface area contributed by atoms with Gasteiger partial charge in [0.2, 0.25) is 0 Å². The van der Waals surface area contributed by atoms with E-state index in [9.17, 15) is 4.39 Å². The summed E-state index contributed by atoms with van der Waals surface area (Å²) in [6, 6.07) is 5.63. The quantitative estimate of drug-likeness (QED) is 0.702. The average Bonchev–Trinajstić information content (AvgIpc) is 2.29. The summed E-state index contributed by atoms with van der Waals surface area (Å²) in [5.74, 6) is 0. The van der Waals surface area contributed by atoms with E-state index in [1.54, 1.807) is 12.3 Å². The van der Waals surface area contributed by atoms with Crippen molar-refractivity contribution >= 4 is 5.69 Å². The molecule has 1 saturated heterocycles. The van der Waals surface area contributed by atoms with Crippen LogP contribution in [0, 0.1) is 11.3 Å². The molecule has 1 aliphatic rings. The molecule has 0 aliphatic carbocycles. The van der Waals surface area contributed by atoms with Crippen molar-refractivity contribution in [1.82, 2.24) is 4.98 Å². The van der Waals surface area contributed by atoms with Gasteiger partial charge < -0.3 is 4.90 Å². The lowest BCUT2D eigenvalue weighted by Gasteiger charge is -2.31. The summed E-state index contributed by atoms with van der Waals surface area (Å²) in [6.45, 7) is 1.18. The molecule has 0 radical (unpaired) electrons. The van der Waals surface area contributed by atoms with Crippen molar-refractivity contribution in [2.24, 2.45) is 0 Å². The molecule has 0 unspecified atom stereocenters. The fourth-order valence-corrected chi connectivity index (χ4v) is 1.88. The molecule has 15 heavy (non-hydrogen) atoms. The van der Waals surface area contributed by atoms with Gasteiger partial charge in [0.1, 0.15) is 12.2 Å². The van der Waals surface area contributed by atoms with Gasteiger partial charge in [-0.1, -0.05) is 0 Å². The van der Waals surface area contributed by atoms with Crippen molar-refractivity contribution in [3.8, 4) is 6.07 Å². The van der Waals surface area contributed by atoms with E-state index in [2.05, 4.69) is 4.98 Å². The highest BCUT2D eigenvalue weighted by Gasteiger charge is 2.21. The summed E-state index contributed by atoms with van der Waals surface area (Å²) in [5, 5.41) is 8.88. The van der Waals surface area contributed by atoms with E-state index < -0.39 is 6.17 Å². The molecule has 2 heterocycles. The van der Waals surface area contributed by atoms with Gasteiger partial charge in [-0.3, -0.25) is 0 Å². The number of rotatable bonds is 1. The van der Waals surface area contributed by atoms with Gasteiger partial charge in [-0.25, -0.2) is 9.37 Å². The van der Waals surface area contributed by atoms with Gasteiger partial charge in [0.25, 0.3) is 0 Å². The second-order valence-electron chi connectivity index (χ2n) is 3.67. The normalized spacial score (nSPS) is 21.1. The Balaban J connectivity index is 2.25. The minimum atomic E-state index is -0.787. The van der Waals surface area contributed by atoms with Crippen LogP contribution in [0.15, 0.2) is 18.3 Å². The summed E-state index contributed by atoms with van der Waals surface area (Å²) < 4.78 is 13.2. The van der Waals surface area contributed by atoms with E-state index in [1.165, 1.54) is 0 Å². The fourth-order valence-electron chi connectivity index (χ4n) is 1.88. The highest BCUT2D eigenvalue weighted by atomic mass is 19.1. The summed E-state index contributed by atoms with van der Waals surface area (Å²) >= 11 is 0. The fraction of sp³-hybridized carbons (Fsp3) is 0.455. The lowest BCUT2D eigenvalue weighted by molar-refractivity contribution is 0.286. The maximum atomic E-state index is 13.2. The Morgan fingerprint density at radius 2 is 2.47 bits per heavy atom. The monoisotopic (exact) mass is 205 g/mol. The van der Waals surface area contributed by atoms with Crippen LogP contribution in [-0.4, -0.2) is 24.2 Å². The second kappa shape index (κ2) is 4.26. The first kappa shape index (κ1) is 9.91. The van der Waals surface area contributed by atoms with Gasteiger partial charge in [-0.05, 0) is 25.0 Å². The molecule has 0 bridgehead atoms. The number of hydrogen-bond donors (Lipinski definition) is 0. The number of pyridine rings is 1. The number of aromatic nitrogens is 1. The van der Waals surface area contributed by atoms with E-state index in [4.69, 9.17) is 5.26 Å². The van der Waals surface area contributed by atoms with Crippen molar-refractivity contribution in [1.29, 1.82) is 5.26 Å². The van der Waals surface area contributed by atoms with Crippen LogP contribution in [0.4, 0.5) is 10.1 Å². The first-order valence-electron chi connectivity index (χ1n) is 5.05. The van der Waals surface area contributed by atoms with Crippen molar-refractivity contribution in [3.05, 3.63) is 24.0 Å². The van der Waals surface area contributed by atoms with Gasteiger partial charge in [0, 0.05) is 19.3 Å². The van der Waals surface area contributed by atoms with Crippen LogP contribution in [0.25, 0.3) is 0 Å². The Morgan fingerprint density at radius 1 is 1.60 bits per heavy atom. The Labute approximate surface area is 88.2 Å². The number of nitriles is 1. The van der Waals surface area contributed by atoms with Crippen LogP contribution in [0.5, 0.6) is 0 Å². The van der Waals surface area contributed by atoms with E-state index in [0.29, 0.717) is 18.7 Å². The molecule has 0 aromatic carbocycles. The Hall–Kier alpha value is -1.63. The van der Waals surface area contributed by atoms with Gasteiger partial charge >= 0.3 is 0 Å². The van der Waals surface area contributed by atoms with Crippen LogP contribution in [0.2, 0.25) is 0 Å². The van der Waals surface area contributed by atoms with Crippen LogP contribution < -0.4 is 4.90 Å². The molecular formula is C11H12FN3. The largest absolute Gasteiger partial charge is 0.366 e. The Bertz CT molecular complexity index is 386. The zero-order valence-corrected chi connectivity index (χ0v) is 8.36. The predicted molar refractivity (Wildman–Crippen MR) is 55.3 cm³/mol. The third-order valence-electron chi connectivity index (χ3n) is 2.60. The summed E-state index contributed by atoms with van der Waals surface area (Å²) in [6.07, 6.45) is 2.25. The lowest BCUT2D eigenvalue weighted by Crippen LogP contribution is -2.36. The zero-order valence-electron chi connectivity index (χ0n) is 8.36. The van der Waals surface area contributed by atoms with Crippen LogP contribution in [-0.2, 0) is 0 Å². The maximum Gasteiger partial charge on any atom is 0.163 e. The number of hydrogen-bond acceptors (Lipinski definition) is 3. The smallest absolute Gasteiger partial charge is 0.163 e. The van der Waals surface area contributed by atoms with Gasteiger partial charge in [0.15, 0.2) is 5.69 Å². The Kier molecular flexibility index (Phi) is 2.82. The molecule has 1 aromatic rings. The summed E-state index contributed by atoms with van der Waals surface area (Å²) in [4.78, 5) is 5.87. The van der Waals surface area contributed by atoms with Crippen molar-refractivity contribution in [2.75, 3.05) is 18.0 Å². The van der Waals surface area contributed by atoms with Crippen LogP contribution >= 0.6 is 0 Å². The zero-order chi connectivity index (χ0) is 10.7. The maximum absolute atomic E-state index is 13.2. The lowest BCUT2D eigenvalue weighted by atomic mass is 10.1. The van der Waals surface area contributed by atoms with Gasteiger partial charge in [-0.15, -0.1) is 0 Å². The highest BCUT2D eigenvalue weighted by Crippen LogP contribution is 2.23.